The lowest BCUT2D eigenvalue weighted by Crippen LogP contribution is -2.17. The molecule has 2 aromatic heterocycles. The first kappa shape index (κ1) is 21.3. The van der Waals surface area contributed by atoms with Crippen molar-refractivity contribution >= 4 is 50.0 Å². The molecule has 0 spiro atoms. The summed E-state index contributed by atoms with van der Waals surface area (Å²) in [7, 11) is 0. The van der Waals surface area contributed by atoms with Crippen LogP contribution in [0, 0.1) is 6.92 Å². The van der Waals surface area contributed by atoms with Gasteiger partial charge in [-0.25, -0.2) is 4.98 Å². The highest BCUT2D eigenvalue weighted by molar-refractivity contribution is 7.16. The largest absolute Gasteiger partial charge is 0.312 e. The van der Waals surface area contributed by atoms with Gasteiger partial charge < -0.3 is 4.57 Å². The fraction of sp³-hybridized carbons (Fsp3) is 0.0741. The number of nitrogens with zero attached hydrogens (tertiary/aromatic N) is 3. The highest BCUT2D eigenvalue weighted by Crippen LogP contribution is 2.28. The number of hydrogen-bond donors (Lipinski definition) is 0. The van der Waals surface area contributed by atoms with Crippen LogP contribution in [-0.4, -0.2) is 15.5 Å². The first-order chi connectivity index (χ1) is 16.1. The Hall–Kier alpha value is -3.54. The summed E-state index contributed by atoms with van der Waals surface area (Å²) in [5.74, 6) is -0.307. The maximum Gasteiger partial charge on any atom is 0.280 e. The van der Waals surface area contributed by atoms with E-state index in [0.717, 1.165) is 37.9 Å². The molecule has 0 saturated carbocycles. The molecular weight excluding hydrogens is 450 g/mol. The van der Waals surface area contributed by atoms with Crippen LogP contribution in [0.4, 0.5) is 0 Å². The number of hydrogen-bond acceptors (Lipinski definition) is 3. The van der Waals surface area contributed by atoms with E-state index in [-0.39, 0.29) is 5.91 Å². The Labute approximate surface area is 200 Å². The van der Waals surface area contributed by atoms with Crippen molar-refractivity contribution in [2.45, 2.75) is 13.5 Å². The third-order valence-corrected chi connectivity index (χ3v) is 7.01. The molecule has 4 nitrogen and oxygen atoms in total. The smallest absolute Gasteiger partial charge is 0.280 e. The van der Waals surface area contributed by atoms with Gasteiger partial charge in [-0.1, -0.05) is 77.5 Å². The van der Waals surface area contributed by atoms with E-state index in [1.54, 1.807) is 6.08 Å². The monoisotopic (exact) mass is 469 g/mol. The predicted octanol–water partition coefficient (Wildman–Crippen LogP) is 6.81. The summed E-state index contributed by atoms with van der Waals surface area (Å²) >= 11 is 7.84. The molecule has 0 saturated heterocycles. The predicted molar refractivity (Wildman–Crippen MR) is 137 cm³/mol. The Balaban J connectivity index is 1.73. The number of halogens is 1. The molecular formula is C27H20ClN3OS. The first-order valence-corrected chi connectivity index (χ1v) is 11.7. The second kappa shape index (κ2) is 8.77. The summed E-state index contributed by atoms with van der Waals surface area (Å²) in [4.78, 5) is 23.5. The van der Waals surface area contributed by atoms with Crippen molar-refractivity contribution in [3.05, 3.63) is 106 Å². The van der Waals surface area contributed by atoms with Gasteiger partial charge in [0, 0.05) is 22.5 Å². The van der Waals surface area contributed by atoms with Gasteiger partial charge in [0.15, 0.2) is 4.80 Å². The topological polar surface area (TPSA) is 47.2 Å². The van der Waals surface area contributed by atoms with Crippen LogP contribution in [0.1, 0.15) is 15.9 Å². The Kier molecular flexibility index (Phi) is 5.67. The fourth-order valence-corrected chi connectivity index (χ4v) is 5.21. The normalized spacial score (nSPS) is 11.9. The van der Waals surface area contributed by atoms with E-state index in [1.165, 1.54) is 11.3 Å². The molecule has 0 aliphatic heterocycles. The van der Waals surface area contributed by atoms with E-state index in [9.17, 15) is 4.79 Å². The molecule has 2 heterocycles. The van der Waals surface area contributed by atoms with Crippen LogP contribution in [0.15, 0.2) is 90.4 Å². The van der Waals surface area contributed by atoms with Gasteiger partial charge in [-0.2, -0.15) is 4.99 Å². The summed E-state index contributed by atoms with van der Waals surface area (Å²) in [5.41, 5.74) is 4.91. The summed E-state index contributed by atoms with van der Waals surface area (Å²) < 4.78 is 3.02. The van der Waals surface area contributed by atoms with Crippen molar-refractivity contribution in [1.29, 1.82) is 0 Å². The van der Waals surface area contributed by atoms with Crippen LogP contribution < -0.4 is 4.80 Å². The Morgan fingerprint density at radius 1 is 1.12 bits per heavy atom. The molecule has 6 heteroatoms. The van der Waals surface area contributed by atoms with Gasteiger partial charge in [-0.3, -0.25) is 4.79 Å². The van der Waals surface area contributed by atoms with E-state index in [2.05, 4.69) is 11.6 Å². The molecule has 0 atom stereocenters. The van der Waals surface area contributed by atoms with Gasteiger partial charge in [-0.15, -0.1) is 6.58 Å². The summed E-state index contributed by atoms with van der Waals surface area (Å²) in [6.07, 6.45) is 1.80. The molecule has 0 aliphatic rings. The molecule has 0 bridgehead atoms. The minimum atomic E-state index is -0.307. The summed E-state index contributed by atoms with van der Waals surface area (Å²) in [5, 5.41) is 1.46. The quantitative estimate of drug-likeness (QED) is 0.271. The molecule has 1 amide bonds. The Morgan fingerprint density at radius 3 is 2.67 bits per heavy atom. The van der Waals surface area contributed by atoms with Gasteiger partial charge >= 0.3 is 0 Å². The highest BCUT2D eigenvalue weighted by Gasteiger charge is 2.16. The summed E-state index contributed by atoms with van der Waals surface area (Å²) in [6, 6.07) is 23.2. The fourth-order valence-electron chi connectivity index (χ4n) is 3.96. The lowest BCUT2D eigenvalue weighted by molar-refractivity contribution is 0.0999. The number of carbonyl (C=O) groups excluding carboxylic acids is 1. The summed E-state index contributed by atoms with van der Waals surface area (Å²) in [6.45, 7) is 6.38. The van der Waals surface area contributed by atoms with Gasteiger partial charge in [0.25, 0.3) is 5.91 Å². The maximum absolute atomic E-state index is 13.5. The van der Waals surface area contributed by atoms with Crippen LogP contribution in [0.25, 0.3) is 32.4 Å². The number of allylic oxidation sites excluding steroid dienone is 1. The standard InChI is InChI=1S/C27H20ClN3OS/c1-3-15-31-25-17(2)21(28)13-14-24(25)33-27(31)30-26(32)20-16-23(18-9-5-4-6-10-18)29-22-12-8-7-11-19(20)22/h3-14,16H,1,15H2,2H3. The van der Waals surface area contributed by atoms with Gasteiger partial charge in [0.05, 0.1) is 27.0 Å². The zero-order valence-electron chi connectivity index (χ0n) is 18.0. The molecule has 0 N–H and O–H groups in total. The number of amides is 1. The van der Waals surface area contributed by atoms with Crippen molar-refractivity contribution in [3.8, 4) is 11.3 Å². The number of aryl methyl sites for hydroxylation is 1. The second-order valence-electron chi connectivity index (χ2n) is 7.66. The van der Waals surface area contributed by atoms with E-state index in [4.69, 9.17) is 16.6 Å². The van der Waals surface area contributed by atoms with Crippen molar-refractivity contribution in [2.75, 3.05) is 0 Å². The van der Waals surface area contributed by atoms with Crippen LogP contribution in [0.5, 0.6) is 0 Å². The number of pyridine rings is 1. The third kappa shape index (κ3) is 3.90. The number of carbonyl (C=O) groups is 1. The average molecular weight is 470 g/mol. The Morgan fingerprint density at radius 2 is 1.88 bits per heavy atom. The van der Waals surface area contributed by atoms with Crippen molar-refractivity contribution < 1.29 is 4.79 Å². The lowest BCUT2D eigenvalue weighted by Gasteiger charge is -2.08. The van der Waals surface area contributed by atoms with Crippen LogP contribution in [0.3, 0.4) is 0 Å². The molecule has 0 unspecified atom stereocenters. The molecule has 5 aromatic rings. The molecule has 162 valence electrons. The lowest BCUT2D eigenvalue weighted by atomic mass is 10.0. The van der Waals surface area contributed by atoms with E-state index >= 15 is 0 Å². The number of benzene rings is 3. The van der Waals surface area contributed by atoms with E-state index < -0.39 is 0 Å². The van der Waals surface area contributed by atoms with E-state index in [0.29, 0.717) is 21.9 Å². The second-order valence-corrected chi connectivity index (χ2v) is 9.07. The molecule has 33 heavy (non-hydrogen) atoms. The molecule has 0 aliphatic carbocycles. The Bertz CT molecular complexity index is 1600. The number of fused-ring (bicyclic) bond motifs is 2. The van der Waals surface area contributed by atoms with E-state index in [1.807, 2.05) is 84.3 Å². The van der Waals surface area contributed by atoms with Gasteiger partial charge in [0.1, 0.15) is 0 Å². The third-order valence-electron chi connectivity index (χ3n) is 5.55. The van der Waals surface area contributed by atoms with Crippen LogP contribution in [-0.2, 0) is 6.54 Å². The average Bonchev–Trinajstić information content (AvgIpc) is 3.19. The number of para-hydroxylation sites is 1. The molecule has 3 aromatic carbocycles. The number of thiazole rings is 1. The first-order valence-electron chi connectivity index (χ1n) is 10.5. The van der Waals surface area contributed by atoms with Crippen molar-refractivity contribution in [1.82, 2.24) is 9.55 Å². The number of rotatable bonds is 4. The SMILES string of the molecule is C=CCn1c(=NC(=O)c2cc(-c3ccccc3)nc3ccccc23)sc2ccc(Cl)c(C)c21. The molecule has 5 rings (SSSR count). The number of aromatic nitrogens is 2. The highest BCUT2D eigenvalue weighted by atomic mass is 35.5. The minimum absolute atomic E-state index is 0.307. The zero-order chi connectivity index (χ0) is 22.9. The zero-order valence-corrected chi connectivity index (χ0v) is 19.5. The van der Waals surface area contributed by atoms with Crippen LogP contribution >= 0.6 is 22.9 Å². The van der Waals surface area contributed by atoms with Crippen molar-refractivity contribution in [2.24, 2.45) is 4.99 Å². The maximum atomic E-state index is 13.5. The minimum Gasteiger partial charge on any atom is -0.312 e. The van der Waals surface area contributed by atoms with Gasteiger partial charge in [0.2, 0.25) is 0 Å². The molecule has 0 fully saturated rings. The van der Waals surface area contributed by atoms with Crippen LogP contribution in [0.2, 0.25) is 5.02 Å². The molecule has 0 radical (unpaired) electrons. The van der Waals surface area contributed by atoms with Gasteiger partial charge in [-0.05, 0) is 36.8 Å². The van der Waals surface area contributed by atoms with Crippen molar-refractivity contribution in [3.63, 3.8) is 0 Å².